The smallest absolute Gasteiger partial charge is 0.282 e. The summed E-state index contributed by atoms with van der Waals surface area (Å²) in [6.07, 6.45) is 7.17. The van der Waals surface area contributed by atoms with E-state index in [0.29, 0.717) is 12.2 Å². The van der Waals surface area contributed by atoms with Gasteiger partial charge in [-0.3, -0.25) is 15.0 Å². The molecule has 0 unspecified atom stereocenters. The fourth-order valence-corrected chi connectivity index (χ4v) is 3.40. The third kappa shape index (κ3) is 2.68. The number of nitrogens with one attached hydrogen (secondary N) is 1. The fraction of sp³-hybridized carbons (Fsp3) is 0.0909. The van der Waals surface area contributed by atoms with E-state index in [4.69, 9.17) is 6.42 Å². The molecule has 2 aromatic carbocycles. The quantitative estimate of drug-likeness (QED) is 0.446. The number of hydrogen-bond donors (Lipinski definition) is 1. The van der Waals surface area contributed by atoms with Crippen LogP contribution in [0.5, 0.6) is 0 Å². The molecule has 0 bridgehead atoms. The number of hydrazine groups is 1. The van der Waals surface area contributed by atoms with Crippen LogP contribution in [0.4, 0.5) is 5.69 Å². The van der Waals surface area contributed by atoms with Crippen LogP contribution in [0.3, 0.4) is 0 Å². The second-order valence-corrected chi connectivity index (χ2v) is 6.28. The first-order valence-electron chi connectivity index (χ1n) is 8.55. The van der Waals surface area contributed by atoms with Crippen LogP contribution in [-0.4, -0.2) is 16.4 Å². The number of terminal acetylenes is 1. The van der Waals surface area contributed by atoms with E-state index >= 15 is 0 Å². The van der Waals surface area contributed by atoms with Crippen molar-refractivity contribution in [2.24, 2.45) is 0 Å². The lowest BCUT2D eigenvalue weighted by Gasteiger charge is -2.13. The first-order valence-corrected chi connectivity index (χ1v) is 8.55. The highest BCUT2D eigenvalue weighted by molar-refractivity contribution is 6.32. The molecule has 1 aliphatic rings. The average Bonchev–Trinajstić information content (AvgIpc) is 3.12. The monoisotopic (exact) mass is 355 g/mol. The van der Waals surface area contributed by atoms with E-state index < -0.39 is 5.91 Å². The molecule has 1 aromatic heterocycles. The van der Waals surface area contributed by atoms with Gasteiger partial charge in [-0.1, -0.05) is 42.3 Å². The number of aromatic nitrogens is 1. The molecular weight excluding hydrogens is 338 g/mol. The van der Waals surface area contributed by atoms with E-state index in [9.17, 15) is 9.59 Å². The summed E-state index contributed by atoms with van der Waals surface area (Å²) >= 11 is 0. The molecule has 5 nitrogen and oxygen atoms in total. The zero-order chi connectivity index (χ0) is 19.0. The summed E-state index contributed by atoms with van der Waals surface area (Å²) in [4.78, 5) is 25.3. The third-order valence-corrected chi connectivity index (χ3v) is 4.72. The van der Waals surface area contributed by atoms with Gasteiger partial charge >= 0.3 is 0 Å². The lowest BCUT2D eigenvalue weighted by atomic mass is 10.1. The lowest BCUT2D eigenvalue weighted by molar-refractivity contribution is -0.117. The number of anilines is 1. The van der Waals surface area contributed by atoms with Gasteiger partial charge in [0, 0.05) is 22.2 Å². The predicted octanol–water partition coefficient (Wildman–Crippen LogP) is 3.04. The molecule has 4 rings (SSSR count). The number of rotatable bonds is 3. The standard InChI is InChI=1S/C22H17N3O2/c1-3-13-24-15(2)18(17-11-7-8-12-20(17)24)14-19-21(26)23-25(22(19)27)16-9-5-4-6-10-16/h1,4-12,14H,13H2,2H3,(H,23,26). The molecule has 132 valence electrons. The summed E-state index contributed by atoms with van der Waals surface area (Å²) in [5.74, 6) is 1.86. The highest BCUT2D eigenvalue weighted by Gasteiger charge is 2.34. The second-order valence-electron chi connectivity index (χ2n) is 6.28. The Balaban J connectivity index is 1.83. The Morgan fingerprint density at radius 1 is 1.07 bits per heavy atom. The molecule has 1 N–H and O–H groups in total. The molecule has 0 aliphatic carbocycles. The Kier molecular flexibility index (Phi) is 4.02. The maximum atomic E-state index is 12.8. The summed E-state index contributed by atoms with van der Waals surface area (Å²) in [7, 11) is 0. The van der Waals surface area contributed by atoms with Crippen molar-refractivity contribution in [3.8, 4) is 12.3 Å². The van der Waals surface area contributed by atoms with Gasteiger partial charge in [0.15, 0.2) is 0 Å². The van der Waals surface area contributed by atoms with E-state index in [0.717, 1.165) is 22.2 Å². The summed E-state index contributed by atoms with van der Waals surface area (Å²) < 4.78 is 2.01. The Morgan fingerprint density at radius 2 is 1.78 bits per heavy atom. The number of benzene rings is 2. The molecule has 0 saturated carbocycles. The van der Waals surface area contributed by atoms with E-state index in [1.807, 2.05) is 54.0 Å². The van der Waals surface area contributed by atoms with Crippen molar-refractivity contribution in [1.82, 2.24) is 9.99 Å². The number of amides is 2. The molecule has 5 heteroatoms. The minimum absolute atomic E-state index is 0.102. The number of hydrogen-bond acceptors (Lipinski definition) is 2. The van der Waals surface area contributed by atoms with Crippen molar-refractivity contribution in [2.75, 3.05) is 5.01 Å². The van der Waals surface area contributed by atoms with Gasteiger partial charge in [-0.2, -0.15) is 0 Å². The Morgan fingerprint density at radius 3 is 2.52 bits per heavy atom. The van der Waals surface area contributed by atoms with Crippen LogP contribution in [0.2, 0.25) is 0 Å². The normalized spacial score (nSPS) is 15.4. The number of fused-ring (bicyclic) bond motifs is 1. The topological polar surface area (TPSA) is 54.3 Å². The Hall–Kier alpha value is -3.78. The number of nitrogens with zero attached hydrogens (tertiary/aromatic N) is 2. The SMILES string of the molecule is C#CCn1c(C)c(C=C2C(=O)NN(c3ccccc3)C2=O)c2ccccc21. The van der Waals surface area contributed by atoms with Gasteiger partial charge in [-0.05, 0) is 31.2 Å². The zero-order valence-corrected chi connectivity index (χ0v) is 14.8. The Bertz CT molecular complexity index is 1130. The van der Waals surface area contributed by atoms with Crippen LogP contribution in [-0.2, 0) is 16.1 Å². The van der Waals surface area contributed by atoms with Crippen molar-refractivity contribution in [1.29, 1.82) is 0 Å². The maximum absolute atomic E-state index is 12.8. The third-order valence-electron chi connectivity index (χ3n) is 4.72. The van der Waals surface area contributed by atoms with Gasteiger partial charge in [0.2, 0.25) is 0 Å². The van der Waals surface area contributed by atoms with Crippen molar-refractivity contribution < 1.29 is 9.59 Å². The Labute approximate surface area is 156 Å². The number of carbonyl (C=O) groups is 2. The van der Waals surface area contributed by atoms with Crippen LogP contribution in [0.1, 0.15) is 11.3 Å². The van der Waals surface area contributed by atoms with E-state index in [-0.39, 0.29) is 11.5 Å². The van der Waals surface area contributed by atoms with Crippen molar-refractivity contribution >= 4 is 34.5 Å². The lowest BCUT2D eigenvalue weighted by Crippen LogP contribution is -2.35. The first kappa shape index (κ1) is 16.7. The van der Waals surface area contributed by atoms with Crippen LogP contribution in [0.15, 0.2) is 60.2 Å². The molecule has 27 heavy (non-hydrogen) atoms. The molecular formula is C22H17N3O2. The van der Waals surface area contributed by atoms with Gasteiger partial charge in [0.1, 0.15) is 5.57 Å². The van der Waals surface area contributed by atoms with E-state index in [1.165, 1.54) is 5.01 Å². The highest BCUT2D eigenvalue weighted by Crippen LogP contribution is 2.29. The largest absolute Gasteiger partial charge is 0.333 e. The van der Waals surface area contributed by atoms with Crippen LogP contribution < -0.4 is 10.4 Å². The molecule has 0 spiro atoms. The van der Waals surface area contributed by atoms with Gasteiger partial charge in [-0.15, -0.1) is 6.42 Å². The minimum atomic E-state index is -0.419. The molecule has 1 fully saturated rings. The van der Waals surface area contributed by atoms with Crippen molar-refractivity contribution in [2.45, 2.75) is 13.5 Å². The molecule has 1 saturated heterocycles. The van der Waals surface area contributed by atoms with Gasteiger partial charge < -0.3 is 4.57 Å². The van der Waals surface area contributed by atoms with E-state index in [2.05, 4.69) is 11.3 Å². The summed E-state index contributed by atoms with van der Waals surface area (Å²) in [5.41, 5.74) is 6.07. The van der Waals surface area contributed by atoms with Gasteiger partial charge in [0.05, 0.1) is 12.2 Å². The molecule has 0 radical (unpaired) electrons. The number of para-hydroxylation sites is 2. The summed E-state index contributed by atoms with van der Waals surface area (Å²) in [6, 6.07) is 16.8. The predicted molar refractivity (Wildman–Crippen MR) is 106 cm³/mol. The summed E-state index contributed by atoms with van der Waals surface area (Å²) in [6.45, 7) is 2.36. The molecule has 3 aromatic rings. The molecule has 1 aliphatic heterocycles. The second kappa shape index (κ2) is 6.50. The zero-order valence-electron chi connectivity index (χ0n) is 14.8. The van der Waals surface area contributed by atoms with Crippen LogP contribution in [0.25, 0.3) is 17.0 Å². The maximum Gasteiger partial charge on any atom is 0.282 e. The molecule has 2 heterocycles. The van der Waals surface area contributed by atoms with Crippen molar-refractivity contribution in [3.63, 3.8) is 0 Å². The molecule has 0 atom stereocenters. The van der Waals surface area contributed by atoms with E-state index in [1.54, 1.807) is 18.2 Å². The first-order chi connectivity index (χ1) is 13.1. The molecule has 2 amide bonds. The van der Waals surface area contributed by atoms with Crippen LogP contribution in [0, 0.1) is 19.3 Å². The van der Waals surface area contributed by atoms with Gasteiger partial charge in [-0.25, -0.2) is 5.01 Å². The van der Waals surface area contributed by atoms with Crippen LogP contribution >= 0.6 is 0 Å². The summed E-state index contributed by atoms with van der Waals surface area (Å²) in [5, 5.41) is 2.22. The number of carbonyl (C=O) groups excluding carboxylic acids is 2. The van der Waals surface area contributed by atoms with Crippen molar-refractivity contribution in [3.05, 3.63) is 71.4 Å². The minimum Gasteiger partial charge on any atom is -0.333 e. The highest BCUT2D eigenvalue weighted by atomic mass is 16.2. The average molecular weight is 355 g/mol. The van der Waals surface area contributed by atoms with Gasteiger partial charge in [0.25, 0.3) is 11.8 Å². The fourth-order valence-electron chi connectivity index (χ4n) is 3.40.